The molecular formula is C18H23N3O3. The van der Waals surface area contributed by atoms with Crippen LogP contribution in [0.2, 0.25) is 0 Å². The van der Waals surface area contributed by atoms with Crippen LogP contribution in [-0.2, 0) is 12.8 Å². The maximum absolute atomic E-state index is 12.6. The number of aromatic nitrogens is 2. The first-order valence-corrected chi connectivity index (χ1v) is 8.22. The average Bonchev–Trinajstić information content (AvgIpc) is 3.03. The van der Waals surface area contributed by atoms with Gasteiger partial charge in [-0.2, -0.15) is 5.10 Å². The Labute approximate surface area is 141 Å². The van der Waals surface area contributed by atoms with Crippen molar-refractivity contribution in [2.75, 3.05) is 13.7 Å². The lowest BCUT2D eigenvalue weighted by atomic mass is 9.88. The fourth-order valence-corrected chi connectivity index (χ4v) is 3.17. The van der Waals surface area contributed by atoms with Crippen LogP contribution in [0.5, 0.6) is 5.75 Å². The summed E-state index contributed by atoms with van der Waals surface area (Å²) in [6.07, 6.45) is 1.53. The molecule has 6 nitrogen and oxygen atoms in total. The van der Waals surface area contributed by atoms with Crippen molar-refractivity contribution in [2.24, 2.45) is 5.92 Å². The molecule has 1 unspecified atom stereocenters. The van der Waals surface area contributed by atoms with Crippen LogP contribution in [0.25, 0.3) is 11.3 Å². The first kappa shape index (κ1) is 16.5. The zero-order valence-corrected chi connectivity index (χ0v) is 14.2. The molecule has 1 aromatic carbocycles. The van der Waals surface area contributed by atoms with Gasteiger partial charge in [-0.1, -0.05) is 26.0 Å². The second-order valence-electron chi connectivity index (χ2n) is 6.42. The minimum atomic E-state index is -0.271. The first-order chi connectivity index (χ1) is 11.6. The van der Waals surface area contributed by atoms with E-state index in [0.29, 0.717) is 5.69 Å². The van der Waals surface area contributed by atoms with Gasteiger partial charge >= 0.3 is 0 Å². The van der Waals surface area contributed by atoms with Gasteiger partial charge in [0.2, 0.25) is 0 Å². The lowest BCUT2D eigenvalue weighted by molar-refractivity contribution is 0.0891. The highest BCUT2D eigenvalue weighted by Crippen LogP contribution is 2.37. The highest BCUT2D eigenvalue weighted by Gasteiger charge is 2.28. The Hall–Kier alpha value is -2.34. The number of benzene rings is 1. The van der Waals surface area contributed by atoms with Crippen molar-refractivity contribution in [3.8, 4) is 17.0 Å². The van der Waals surface area contributed by atoms with Gasteiger partial charge in [-0.25, -0.2) is 0 Å². The number of hydrogen-bond donors (Lipinski definition) is 3. The molecule has 1 aromatic heterocycles. The summed E-state index contributed by atoms with van der Waals surface area (Å²) in [7, 11) is 1.66. The number of aromatic amines is 1. The highest BCUT2D eigenvalue weighted by molar-refractivity contribution is 5.96. The molecule has 1 aliphatic rings. The van der Waals surface area contributed by atoms with Gasteiger partial charge in [0, 0.05) is 16.7 Å². The van der Waals surface area contributed by atoms with Crippen molar-refractivity contribution < 1.29 is 14.6 Å². The van der Waals surface area contributed by atoms with Crippen molar-refractivity contribution >= 4 is 5.91 Å². The highest BCUT2D eigenvalue weighted by atomic mass is 16.5. The maximum Gasteiger partial charge on any atom is 0.269 e. The summed E-state index contributed by atoms with van der Waals surface area (Å²) in [5.41, 5.74) is 4.35. The molecule has 24 heavy (non-hydrogen) atoms. The molecule has 1 heterocycles. The summed E-state index contributed by atoms with van der Waals surface area (Å²) in [6, 6.07) is 5.61. The smallest absolute Gasteiger partial charge is 0.269 e. The Morgan fingerprint density at radius 2 is 2.12 bits per heavy atom. The number of nitrogens with one attached hydrogen (secondary N) is 2. The number of nitrogens with zero attached hydrogens (tertiary/aromatic N) is 1. The van der Waals surface area contributed by atoms with Gasteiger partial charge in [-0.15, -0.1) is 0 Å². The Balaban J connectivity index is 1.93. The Bertz CT molecular complexity index is 752. The average molecular weight is 329 g/mol. The first-order valence-electron chi connectivity index (χ1n) is 8.22. The molecule has 0 saturated carbocycles. The molecule has 1 atom stereocenters. The lowest BCUT2D eigenvalue weighted by Gasteiger charge is -2.21. The number of carbonyl (C=O) groups is 1. The maximum atomic E-state index is 12.6. The number of fused-ring (bicyclic) bond motifs is 3. The fraction of sp³-hybridized carbons (Fsp3) is 0.444. The second kappa shape index (κ2) is 6.65. The van der Waals surface area contributed by atoms with Gasteiger partial charge in [0.1, 0.15) is 11.4 Å². The predicted molar refractivity (Wildman–Crippen MR) is 91.2 cm³/mol. The van der Waals surface area contributed by atoms with E-state index in [1.165, 1.54) is 0 Å². The fourth-order valence-electron chi connectivity index (χ4n) is 3.17. The largest absolute Gasteiger partial charge is 0.496 e. The van der Waals surface area contributed by atoms with Crippen molar-refractivity contribution in [2.45, 2.75) is 32.7 Å². The molecule has 3 rings (SSSR count). The number of methoxy groups -OCH3 is 1. The van der Waals surface area contributed by atoms with Gasteiger partial charge in [0.25, 0.3) is 5.91 Å². The normalized spacial score (nSPS) is 14.0. The molecular weight excluding hydrogens is 306 g/mol. The number of rotatable bonds is 5. The summed E-state index contributed by atoms with van der Waals surface area (Å²) < 4.78 is 5.43. The Kier molecular flexibility index (Phi) is 4.57. The van der Waals surface area contributed by atoms with E-state index in [9.17, 15) is 9.90 Å². The van der Waals surface area contributed by atoms with Gasteiger partial charge in [0.15, 0.2) is 0 Å². The summed E-state index contributed by atoms with van der Waals surface area (Å²) in [4.78, 5) is 12.6. The van der Waals surface area contributed by atoms with Crippen molar-refractivity contribution in [3.63, 3.8) is 0 Å². The van der Waals surface area contributed by atoms with Crippen LogP contribution in [-0.4, -0.2) is 41.0 Å². The van der Waals surface area contributed by atoms with E-state index in [1.807, 2.05) is 32.0 Å². The number of carbonyl (C=O) groups excluding carboxylic acids is 1. The van der Waals surface area contributed by atoms with Crippen molar-refractivity contribution in [1.29, 1.82) is 0 Å². The van der Waals surface area contributed by atoms with Crippen LogP contribution < -0.4 is 10.1 Å². The minimum absolute atomic E-state index is 0.0836. The van der Waals surface area contributed by atoms with E-state index in [1.54, 1.807) is 7.11 Å². The number of hydrogen-bond acceptors (Lipinski definition) is 4. The van der Waals surface area contributed by atoms with Crippen molar-refractivity contribution in [3.05, 3.63) is 35.0 Å². The van der Waals surface area contributed by atoms with Crippen LogP contribution >= 0.6 is 0 Å². The molecule has 1 amide bonds. The molecule has 0 aliphatic heterocycles. The summed E-state index contributed by atoms with van der Waals surface area (Å²) in [5, 5.41) is 19.5. The number of ether oxygens (including phenoxy) is 1. The molecule has 0 bridgehead atoms. The van der Waals surface area contributed by atoms with Crippen LogP contribution in [0.15, 0.2) is 18.2 Å². The number of H-pyrrole nitrogens is 1. The summed E-state index contributed by atoms with van der Waals surface area (Å²) in [6.45, 7) is 3.85. The van der Waals surface area contributed by atoms with Crippen LogP contribution in [0.4, 0.5) is 0 Å². The van der Waals surface area contributed by atoms with Gasteiger partial charge in [-0.05, 0) is 24.8 Å². The molecule has 0 saturated heterocycles. The minimum Gasteiger partial charge on any atom is -0.496 e. The molecule has 6 heteroatoms. The number of aliphatic hydroxyl groups is 1. The Morgan fingerprint density at radius 3 is 2.79 bits per heavy atom. The van der Waals surface area contributed by atoms with E-state index in [0.717, 1.165) is 41.0 Å². The standard InChI is InChI=1S/C18H23N3O3/c1-10(2)14(9-22)19-18(23)17-13-8-7-11-12(16(13)20-21-17)5-4-6-15(11)24-3/h4-6,10,14,22H,7-9H2,1-3H3,(H,19,23)(H,20,21). The van der Waals surface area contributed by atoms with E-state index in [2.05, 4.69) is 15.5 Å². The van der Waals surface area contributed by atoms with Gasteiger partial charge < -0.3 is 15.2 Å². The number of amides is 1. The molecule has 1 aliphatic carbocycles. The zero-order valence-electron chi connectivity index (χ0n) is 14.2. The zero-order chi connectivity index (χ0) is 17.3. The molecule has 0 fully saturated rings. The number of aliphatic hydroxyl groups excluding tert-OH is 1. The molecule has 0 radical (unpaired) electrons. The summed E-state index contributed by atoms with van der Waals surface area (Å²) >= 11 is 0. The molecule has 3 N–H and O–H groups in total. The lowest BCUT2D eigenvalue weighted by Crippen LogP contribution is -2.41. The van der Waals surface area contributed by atoms with E-state index < -0.39 is 0 Å². The van der Waals surface area contributed by atoms with E-state index >= 15 is 0 Å². The predicted octanol–water partition coefficient (Wildman–Crippen LogP) is 1.93. The monoisotopic (exact) mass is 329 g/mol. The quantitative estimate of drug-likeness (QED) is 0.782. The van der Waals surface area contributed by atoms with Gasteiger partial charge in [-0.3, -0.25) is 9.89 Å². The third kappa shape index (κ3) is 2.78. The second-order valence-corrected chi connectivity index (χ2v) is 6.42. The van der Waals surface area contributed by atoms with E-state index in [4.69, 9.17) is 4.74 Å². The topological polar surface area (TPSA) is 87.2 Å². The SMILES string of the molecule is COc1cccc2c1CCc1c-2n[nH]c1C(=O)NC(CO)C(C)C. The van der Waals surface area contributed by atoms with Crippen LogP contribution in [0.3, 0.4) is 0 Å². The molecule has 2 aromatic rings. The van der Waals surface area contributed by atoms with Crippen LogP contribution in [0, 0.1) is 5.92 Å². The third-order valence-electron chi connectivity index (χ3n) is 4.65. The molecule has 128 valence electrons. The van der Waals surface area contributed by atoms with E-state index in [-0.39, 0.29) is 24.5 Å². The van der Waals surface area contributed by atoms with Crippen LogP contribution in [0.1, 0.15) is 35.5 Å². The van der Waals surface area contributed by atoms with Crippen molar-refractivity contribution in [1.82, 2.24) is 15.5 Å². The Morgan fingerprint density at radius 1 is 1.38 bits per heavy atom. The molecule has 0 spiro atoms. The summed E-state index contributed by atoms with van der Waals surface area (Å²) in [5.74, 6) is 0.790. The third-order valence-corrected chi connectivity index (χ3v) is 4.65. The van der Waals surface area contributed by atoms with Gasteiger partial charge in [0.05, 0.1) is 25.5 Å².